The minimum absolute atomic E-state index is 0.308. The van der Waals surface area contributed by atoms with Crippen LogP contribution in [0.4, 0.5) is 20.4 Å². The second-order valence-electron chi connectivity index (χ2n) is 2.79. The van der Waals surface area contributed by atoms with E-state index in [0.717, 1.165) is 4.42 Å². The van der Waals surface area contributed by atoms with E-state index in [9.17, 15) is 8.78 Å². The molecule has 0 saturated heterocycles. The maximum atomic E-state index is 12.7. The van der Waals surface area contributed by atoms with Crippen molar-refractivity contribution >= 4 is 23.4 Å². The molecule has 0 radical (unpaired) electrons. The van der Waals surface area contributed by atoms with Gasteiger partial charge in [-0.25, -0.2) is 4.42 Å². The molecule has 0 atom stereocenters. The van der Waals surface area contributed by atoms with Crippen molar-refractivity contribution in [1.82, 2.24) is 15.0 Å². The van der Waals surface area contributed by atoms with Gasteiger partial charge in [0.05, 0.1) is 5.69 Å². The van der Waals surface area contributed by atoms with Gasteiger partial charge in [-0.3, -0.25) is 0 Å². The summed E-state index contributed by atoms with van der Waals surface area (Å²) < 4.78 is 26.4. The Morgan fingerprint density at radius 3 is 2.06 bits per heavy atom. The Balaban J connectivity index is 2.37. The van der Waals surface area contributed by atoms with E-state index in [2.05, 4.69) is 15.0 Å². The highest BCUT2D eigenvalue weighted by molar-refractivity contribution is 6.28. The largest absolute Gasteiger partial charge is 0.315 e. The molecular weight excluding hydrogens is 238 g/mol. The summed E-state index contributed by atoms with van der Waals surface area (Å²) in [6, 6.07) is 8.51. The first-order chi connectivity index (χ1) is 7.66. The van der Waals surface area contributed by atoms with Gasteiger partial charge in [0, 0.05) is 11.8 Å². The monoisotopic (exact) mass is 242 g/mol. The van der Waals surface area contributed by atoms with Gasteiger partial charge in [-0.05, 0) is 12.1 Å². The predicted octanol–water partition coefficient (Wildman–Crippen LogP) is 2.44. The van der Waals surface area contributed by atoms with Crippen molar-refractivity contribution in [3.05, 3.63) is 42.5 Å². The van der Waals surface area contributed by atoms with Gasteiger partial charge in [0.1, 0.15) is 0 Å². The number of halogens is 3. The molecule has 0 bridgehead atoms. The topological polar surface area (TPSA) is 41.9 Å². The average molecular weight is 243 g/mol. The fourth-order valence-electron chi connectivity index (χ4n) is 1.08. The lowest BCUT2D eigenvalue weighted by molar-refractivity contribution is 0.457. The highest BCUT2D eigenvalue weighted by Crippen LogP contribution is 2.23. The molecule has 4 nitrogen and oxygen atoms in total. The van der Waals surface area contributed by atoms with E-state index < -0.39 is 12.2 Å². The molecular formula is C9H5ClF2N4. The van der Waals surface area contributed by atoms with Crippen LogP contribution in [0.2, 0.25) is 0 Å². The van der Waals surface area contributed by atoms with Crippen molar-refractivity contribution in [1.29, 1.82) is 0 Å². The smallest absolute Gasteiger partial charge is 0.220 e. The Hall–Kier alpha value is -1.82. The van der Waals surface area contributed by atoms with E-state index in [1.54, 1.807) is 30.3 Å². The van der Waals surface area contributed by atoms with Crippen LogP contribution in [-0.2, 0) is 0 Å². The summed E-state index contributed by atoms with van der Waals surface area (Å²) >= 11 is 5.82. The second-order valence-corrected chi connectivity index (χ2v) is 3.13. The quantitative estimate of drug-likeness (QED) is 0.759. The normalized spacial score (nSPS) is 10.2. The van der Waals surface area contributed by atoms with Gasteiger partial charge in [0.15, 0.2) is 0 Å². The maximum absolute atomic E-state index is 12.7. The number of hydrogen-bond acceptors (Lipinski definition) is 4. The van der Waals surface area contributed by atoms with Crippen molar-refractivity contribution in [2.45, 2.75) is 0 Å². The summed E-state index contributed by atoms with van der Waals surface area (Å²) in [4.78, 5) is 9.32. The molecule has 0 amide bonds. The molecule has 0 aliphatic carbocycles. The Labute approximate surface area is 94.7 Å². The summed E-state index contributed by atoms with van der Waals surface area (Å²) in [6.45, 7) is 0. The summed E-state index contributed by atoms with van der Waals surface area (Å²) in [5, 5.41) is 0. The molecule has 16 heavy (non-hydrogen) atoms. The van der Waals surface area contributed by atoms with Crippen LogP contribution in [0.5, 0.6) is 0 Å². The zero-order chi connectivity index (χ0) is 11.5. The molecule has 0 fully saturated rings. The van der Waals surface area contributed by atoms with Crippen LogP contribution in [0.15, 0.2) is 30.3 Å². The first-order valence-corrected chi connectivity index (χ1v) is 4.58. The third-order valence-corrected chi connectivity index (χ3v) is 2.07. The number of benzene rings is 1. The summed E-state index contributed by atoms with van der Waals surface area (Å²) in [5.74, 6) is -0.308. The Morgan fingerprint density at radius 2 is 1.50 bits per heavy atom. The van der Waals surface area contributed by atoms with Gasteiger partial charge < -0.3 is 0 Å². The molecule has 0 N–H and O–H groups in total. The van der Waals surface area contributed by atoms with Crippen molar-refractivity contribution in [3.63, 3.8) is 0 Å². The van der Waals surface area contributed by atoms with Gasteiger partial charge in [0.25, 0.3) is 5.95 Å². The van der Waals surface area contributed by atoms with E-state index in [1.165, 1.54) is 0 Å². The molecule has 1 aromatic heterocycles. The van der Waals surface area contributed by atoms with Gasteiger partial charge in [0.2, 0.25) is 0 Å². The summed E-state index contributed by atoms with van der Waals surface area (Å²) in [7, 11) is 0. The Bertz CT molecular complexity index is 474. The van der Waals surface area contributed by atoms with Crippen LogP contribution in [0.1, 0.15) is 0 Å². The SMILES string of the molecule is Fc1nc(F)nc(N(Cl)c2ccccc2)n1. The van der Waals surface area contributed by atoms with Crippen molar-refractivity contribution in [2.24, 2.45) is 0 Å². The molecule has 82 valence electrons. The molecule has 1 aromatic carbocycles. The maximum Gasteiger partial charge on any atom is 0.315 e. The number of aromatic nitrogens is 3. The first-order valence-electron chi connectivity index (χ1n) is 4.25. The number of hydrogen-bond donors (Lipinski definition) is 0. The lowest BCUT2D eigenvalue weighted by Gasteiger charge is -2.12. The van der Waals surface area contributed by atoms with Gasteiger partial charge >= 0.3 is 12.2 Å². The molecule has 0 aliphatic rings. The van der Waals surface area contributed by atoms with Gasteiger partial charge in [-0.15, -0.1) is 0 Å². The number of nitrogens with zero attached hydrogens (tertiary/aromatic N) is 4. The molecule has 2 aromatic rings. The fourth-order valence-corrected chi connectivity index (χ4v) is 1.27. The molecule has 1 heterocycles. The van der Waals surface area contributed by atoms with Gasteiger partial charge in [-0.1, -0.05) is 18.2 Å². The minimum Gasteiger partial charge on any atom is -0.220 e. The molecule has 0 spiro atoms. The van der Waals surface area contributed by atoms with Crippen LogP contribution in [0.3, 0.4) is 0 Å². The van der Waals surface area contributed by atoms with Crippen molar-refractivity contribution in [2.75, 3.05) is 4.42 Å². The van der Waals surface area contributed by atoms with E-state index >= 15 is 0 Å². The average Bonchev–Trinajstić information content (AvgIpc) is 2.28. The zero-order valence-electron chi connectivity index (χ0n) is 7.81. The van der Waals surface area contributed by atoms with E-state index in [0.29, 0.717) is 5.69 Å². The Kier molecular flexibility index (Phi) is 2.91. The van der Waals surface area contributed by atoms with E-state index in [-0.39, 0.29) is 5.95 Å². The highest BCUT2D eigenvalue weighted by Gasteiger charge is 2.13. The van der Waals surface area contributed by atoms with Crippen LogP contribution in [-0.4, -0.2) is 15.0 Å². The standard InChI is InChI=1S/C9H5ClF2N4/c10-16(6-4-2-1-3-5-6)9-14-7(11)13-8(12)15-9/h1-5H. The molecule has 0 saturated carbocycles. The van der Waals surface area contributed by atoms with Crippen LogP contribution in [0.25, 0.3) is 0 Å². The molecule has 7 heteroatoms. The number of anilines is 2. The van der Waals surface area contributed by atoms with Crippen molar-refractivity contribution in [3.8, 4) is 0 Å². The molecule has 2 rings (SSSR count). The zero-order valence-corrected chi connectivity index (χ0v) is 8.57. The number of para-hydroxylation sites is 1. The highest BCUT2D eigenvalue weighted by atomic mass is 35.5. The second kappa shape index (κ2) is 4.36. The van der Waals surface area contributed by atoms with Crippen molar-refractivity contribution < 1.29 is 8.78 Å². The van der Waals surface area contributed by atoms with Crippen LogP contribution >= 0.6 is 11.8 Å². The lowest BCUT2D eigenvalue weighted by Crippen LogP contribution is -2.10. The third kappa shape index (κ3) is 2.22. The number of rotatable bonds is 2. The third-order valence-electron chi connectivity index (χ3n) is 1.73. The van der Waals surface area contributed by atoms with E-state index in [1.807, 2.05) is 0 Å². The summed E-state index contributed by atoms with van der Waals surface area (Å²) in [5.41, 5.74) is 0.495. The molecule has 0 aliphatic heterocycles. The Morgan fingerprint density at radius 1 is 0.938 bits per heavy atom. The van der Waals surface area contributed by atoms with Gasteiger partial charge in [-0.2, -0.15) is 23.7 Å². The van der Waals surface area contributed by atoms with E-state index in [4.69, 9.17) is 11.8 Å². The summed E-state index contributed by atoms with van der Waals surface area (Å²) in [6.07, 6.45) is -2.44. The fraction of sp³-hybridized carbons (Fsp3) is 0. The molecule has 0 unspecified atom stereocenters. The predicted molar refractivity (Wildman–Crippen MR) is 54.2 cm³/mol. The lowest BCUT2D eigenvalue weighted by atomic mass is 10.3. The van der Waals surface area contributed by atoms with Crippen LogP contribution in [0, 0.1) is 12.2 Å². The first kappa shape index (κ1) is 10.7. The van der Waals surface area contributed by atoms with Crippen LogP contribution < -0.4 is 4.42 Å². The minimum atomic E-state index is -1.22.